The van der Waals surface area contributed by atoms with Crippen LogP contribution in [0.3, 0.4) is 0 Å². The van der Waals surface area contributed by atoms with Gasteiger partial charge < -0.3 is 24.6 Å². The van der Waals surface area contributed by atoms with E-state index in [1.807, 2.05) is 4.57 Å². The second-order valence-corrected chi connectivity index (χ2v) is 4.83. The minimum atomic E-state index is -0.270. The fraction of sp³-hybridized carbons (Fsp3) is 0.667. The van der Waals surface area contributed by atoms with E-state index in [1.54, 1.807) is 11.1 Å². The van der Waals surface area contributed by atoms with Crippen LogP contribution in [0.1, 0.15) is 16.9 Å². The van der Waals surface area contributed by atoms with E-state index < -0.39 is 0 Å². The molecule has 0 bridgehead atoms. The largest absolute Gasteiger partial charge is 0.394 e. The maximum atomic E-state index is 12.4. The first-order valence-electron chi connectivity index (χ1n) is 6.60. The van der Waals surface area contributed by atoms with E-state index in [0.29, 0.717) is 25.5 Å². The van der Waals surface area contributed by atoms with Crippen molar-refractivity contribution in [2.24, 2.45) is 0 Å². The van der Waals surface area contributed by atoms with E-state index in [4.69, 9.17) is 4.74 Å². The maximum absolute atomic E-state index is 12.4. The Morgan fingerprint density at radius 3 is 3.26 bits per heavy atom. The lowest BCUT2D eigenvalue weighted by atomic mass is 10.2. The van der Waals surface area contributed by atoms with Crippen LogP contribution >= 0.6 is 0 Å². The lowest BCUT2D eigenvalue weighted by Gasteiger charge is -2.33. The number of hydrogen-bond acceptors (Lipinski definition) is 5. The van der Waals surface area contributed by atoms with Crippen molar-refractivity contribution in [1.82, 2.24) is 14.5 Å². The number of carbonyl (C=O) groups excluding carboxylic acids is 1. The van der Waals surface area contributed by atoms with Crippen LogP contribution in [0.2, 0.25) is 0 Å². The average Bonchev–Trinajstić information content (AvgIpc) is 2.90. The molecule has 2 aliphatic heterocycles. The smallest absolute Gasteiger partial charge is 0.274 e. The predicted octanol–water partition coefficient (Wildman–Crippen LogP) is -0.468. The monoisotopic (exact) mass is 266 g/mol. The highest BCUT2D eigenvalue weighted by molar-refractivity contribution is 5.93. The molecule has 0 saturated carbocycles. The first-order valence-corrected chi connectivity index (χ1v) is 6.60. The van der Waals surface area contributed by atoms with Crippen LogP contribution in [0.15, 0.2) is 6.20 Å². The molecule has 2 aliphatic rings. The van der Waals surface area contributed by atoms with E-state index in [0.717, 1.165) is 25.5 Å². The zero-order chi connectivity index (χ0) is 13.2. The number of aliphatic hydroxyl groups is 1. The Bertz CT molecular complexity index is 450. The molecule has 2 N–H and O–H groups in total. The van der Waals surface area contributed by atoms with Crippen molar-refractivity contribution < 1.29 is 14.6 Å². The molecule has 0 aliphatic carbocycles. The summed E-state index contributed by atoms with van der Waals surface area (Å²) in [4.78, 5) is 18.4. The zero-order valence-electron chi connectivity index (χ0n) is 10.7. The van der Waals surface area contributed by atoms with Crippen molar-refractivity contribution in [2.45, 2.75) is 19.0 Å². The van der Waals surface area contributed by atoms with Crippen molar-refractivity contribution in [1.29, 1.82) is 0 Å². The molecule has 7 heteroatoms. The number of aryl methyl sites for hydroxylation is 1. The second kappa shape index (κ2) is 5.18. The number of nitrogens with zero attached hydrogens (tertiary/aromatic N) is 3. The quantitative estimate of drug-likeness (QED) is 0.756. The molecule has 0 aromatic carbocycles. The Kier molecular flexibility index (Phi) is 3.39. The van der Waals surface area contributed by atoms with Crippen molar-refractivity contribution >= 4 is 11.9 Å². The number of hydrogen-bond donors (Lipinski definition) is 2. The van der Waals surface area contributed by atoms with Gasteiger partial charge in [0.25, 0.3) is 5.91 Å². The number of ether oxygens (including phenoxy) is 1. The van der Waals surface area contributed by atoms with Crippen molar-refractivity contribution in [3.63, 3.8) is 0 Å². The molecule has 0 radical (unpaired) electrons. The van der Waals surface area contributed by atoms with Gasteiger partial charge in [-0.15, -0.1) is 0 Å². The Morgan fingerprint density at radius 2 is 2.47 bits per heavy atom. The van der Waals surface area contributed by atoms with Gasteiger partial charge in [-0.1, -0.05) is 0 Å². The number of imidazole rings is 1. The molecule has 3 rings (SSSR count). The predicted molar refractivity (Wildman–Crippen MR) is 68.1 cm³/mol. The third-order valence-corrected chi connectivity index (χ3v) is 3.55. The van der Waals surface area contributed by atoms with E-state index in [-0.39, 0.29) is 18.6 Å². The van der Waals surface area contributed by atoms with Gasteiger partial charge in [0, 0.05) is 25.8 Å². The number of aliphatic hydroxyl groups excluding tert-OH is 1. The van der Waals surface area contributed by atoms with Gasteiger partial charge in [-0.2, -0.15) is 0 Å². The van der Waals surface area contributed by atoms with Crippen LogP contribution in [0.25, 0.3) is 0 Å². The van der Waals surface area contributed by atoms with Gasteiger partial charge in [-0.05, 0) is 6.42 Å². The molecule has 1 saturated heterocycles. The summed E-state index contributed by atoms with van der Waals surface area (Å²) < 4.78 is 7.24. The zero-order valence-corrected chi connectivity index (χ0v) is 10.7. The lowest BCUT2D eigenvalue weighted by molar-refractivity contribution is -0.0186. The van der Waals surface area contributed by atoms with Gasteiger partial charge in [0.1, 0.15) is 5.69 Å². The molecular formula is C12H18N4O3. The Balaban J connectivity index is 1.80. The molecule has 7 nitrogen and oxygen atoms in total. The summed E-state index contributed by atoms with van der Waals surface area (Å²) in [5.74, 6) is 0.620. The lowest BCUT2D eigenvalue weighted by Crippen LogP contribution is -2.50. The number of rotatable bonds is 2. The van der Waals surface area contributed by atoms with Crippen molar-refractivity contribution in [3.05, 3.63) is 11.9 Å². The highest BCUT2D eigenvalue weighted by Crippen LogP contribution is 2.17. The van der Waals surface area contributed by atoms with Crippen molar-refractivity contribution in [3.8, 4) is 0 Å². The van der Waals surface area contributed by atoms with Gasteiger partial charge in [-0.3, -0.25) is 4.79 Å². The Labute approximate surface area is 111 Å². The molecule has 1 fully saturated rings. The maximum Gasteiger partial charge on any atom is 0.274 e. The summed E-state index contributed by atoms with van der Waals surface area (Å²) in [5.41, 5.74) is 0.435. The first kappa shape index (κ1) is 12.4. The molecule has 3 heterocycles. The number of nitrogens with one attached hydrogen (secondary N) is 1. The first-order chi connectivity index (χ1) is 9.29. The summed E-state index contributed by atoms with van der Waals surface area (Å²) in [6, 6.07) is -0.270. The molecule has 1 amide bonds. The number of carbonyl (C=O) groups is 1. The van der Waals surface area contributed by atoms with Gasteiger partial charge in [0.05, 0.1) is 25.9 Å². The molecule has 104 valence electrons. The SMILES string of the molecule is O=C(c1cn2c(n1)NCCC2)N1CCOCC1CO. The van der Waals surface area contributed by atoms with E-state index in [2.05, 4.69) is 10.3 Å². The number of fused-ring (bicyclic) bond motifs is 1. The Morgan fingerprint density at radius 1 is 1.58 bits per heavy atom. The van der Waals surface area contributed by atoms with Crippen LogP contribution in [0.5, 0.6) is 0 Å². The number of aromatic nitrogens is 2. The molecule has 1 atom stereocenters. The van der Waals surface area contributed by atoms with Gasteiger partial charge in [-0.25, -0.2) is 4.98 Å². The molecule has 1 unspecified atom stereocenters. The second-order valence-electron chi connectivity index (χ2n) is 4.83. The van der Waals surface area contributed by atoms with Crippen molar-refractivity contribution in [2.75, 3.05) is 38.2 Å². The minimum Gasteiger partial charge on any atom is -0.394 e. The molecular weight excluding hydrogens is 248 g/mol. The summed E-state index contributed by atoms with van der Waals surface area (Å²) >= 11 is 0. The van der Waals surface area contributed by atoms with Crippen LogP contribution in [0, 0.1) is 0 Å². The minimum absolute atomic E-state index is 0.0858. The molecule has 0 spiro atoms. The van der Waals surface area contributed by atoms with Crippen LogP contribution in [0.4, 0.5) is 5.95 Å². The van der Waals surface area contributed by atoms with Crippen LogP contribution in [-0.2, 0) is 11.3 Å². The molecule has 19 heavy (non-hydrogen) atoms. The van der Waals surface area contributed by atoms with E-state index in [1.165, 1.54) is 0 Å². The highest BCUT2D eigenvalue weighted by atomic mass is 16.5. The van der Waals surface area contributed by atoms with Crippen LogP contribution < -0.4 is 5.32 Å². The fourth-order valence-corrected chi connectivity index (χ4v) is 2.50. The standard InChI is InChI=1S/C12H18N4O3/c17-7-9-8-19-5-4-16(9)11(18)10-6-15-3-1-2-13-12(15)14-10/h6,9,17H,1-5,7-8H2,(H,13,14). The third-order valence-electron chi connectivity index (χ3n) is 3.55. The Hall–Kier alpha value is -1.60. The summed E-state index contributed by atoms with van der Waals surface area (Å²) in [6.45, 7) is 3.08. The molecule has 1 aromatic rings. The molecule has 1 aromatic heterocycles. The third kappa shape index (κ3) is 2.31. The van der Waals surface area contributed by atoms with Gasteiger partial charge in [0.15, 0.2) is 0 Å². The average molecular weight is 266 g/mol. The summed E-state index contributed by atoms with van der Waals surface area (Å²) in [5, 5.41) is 12.5. The number of amides is 1. The van der Waals surface area contributed by atoms with Gasteiger partial charge >= 0.3 is 0 Å². The summed E-state index contributed by atoms with van der Waals surface area (Å²) in [7, 11) is 0. The number of anilines is 1. The highest BCUT2D eigenvalue weighted by Gasteiger charge is 2.29. The van der Waals surface area contributed by atoms with Crippen LogP contribution in [-0.4, -0.2) is 64.4 Å². The summed E-state index contributed by atoms with van der Waals surface area (Å²) in [6.07, 6.45) is 2.82. The number of morpholine rings is 1. The normalized spacial score (nSPS) is 22.8. The van der Waals surface area contributed by atoms with E-state index in [9.17, 15) is 9.90 Å². The van der Waals surface area contributed by atoms with E-state index >= 15 is 0 Å². The fourth-order valence-electron chi connectivity index (χ4n) is 2.50. The van der Waals surface area contributed by atoms with Gasteiger partial charge in [0.2, 0.25) is 5.95 Å². The topological polar surface area (TPSA) is 79.6 Å².